The number of carbonyl (C=O) groups excluding carboxylic acids is 7. The Kier molecular flexibility index (Phi) is 5.06. The van der Waals surface area contributed by atoms with E-state index in [0.717, 1.165) is 6.54 Å². The second-order valence-electron chi connectivity index (χ2n) is 9.00. The lowest BCUT2D eigenvalue weighted by atomic mass is 9.88. The molecule has 34 heavy (non-hydrogen) atoms. The average molecular weight is 457 g/mol. The molecule has 1 saturated heterocycles. The number of ketones is 6. The van der Waals surface area contributed by atoms with Gasteiger partial charge < -0.3 is 9.69 Å². The van der Waals surface area contributed by atoms with E-state index in [2.05, 4.69) is 0 Å². The highest BCUT2D eigenvalue weighted by atomic mass is 16.2. The monoisotopic (exact) mass is 457 g/mol. The minimum Gasteiger partial charge on any atom is -0.306 e. The summed E-state index contributed by atoms with van der Waals surface area (Å²) in [5, 5.41) is 0. The highest BCUT2D eigenvalue weighted by Gasteiger charge is 2.46. The summed E-state index contributed by atoms with van der Waals surface area (Å²) in [5.41, 5.74) is 0.464. The van der Waals surface area contributed by atoms with Gasteiger partial charge in [-0.1, -0.05) is 12.1 Å². The summed E-state index contributed by atoms with van der Waals surface area (Å²) in [6, 6.07) is 8.06. The number of hydrogen-bond acceptors (Lipinski definition) is 8. The fourth-order valence-corrected chi connectivity index (χ4v) is 5.04. The summed E-state index contributed by atoms with van der Waals surface area (Å²) in [7, 11) is 1.87. The van der Waals surface area contributed by atoms with Crippen LogP contribution in [0.4, 0.5) is 0 Å². The number of nitrogens with zero attached hydrogens (tertiary/aromatic N) is 1. The first-order valence-electron chi connectivity index (χ1n) is 10.9. The van der Waals surface area contributed by atoms with Crippen molar-refractivity contribution in [3.05, 3.63) is 69.8 Å². The number of fused-ring (bicyclic) bond motifs is 2. The fraction of sp³-hybridized carbons (Fsp3) is 0.269. The van der Waals surface area contributed by atoms with Crippen LogP contribution in [0.1, 0.15) is 63.8 Å². The number of hydrogen-bond donors (Lipinski definition) is 0. The van der Waals surface area contributed by atoms with E-state index in [4.69, 9.17) is 0 Å². The topological polar surface area (TPSA) is 123 Å². The SMILES string of the molecule is CN1CCC(C(=O)C2C(=O)c3ccc(C(=O)c4ccc5c(c4)C(=O)C(C=O)C5=O)cc3C2=O)C1. The molecule has 3 atom stereocenters. The minimum absolute atomic E-state index is 0.00700. The molecule has 2 aliphatic carbocycles. The van der Waals surface area contributed by atoms with Gasteiger partial charge >= 0.3 is 0 Å². The second-order valence-corrected chi connectivity index (χ2v) is 9.00. The van der Waals surface area contributed by atoms with Gasteiger partial charge in [0, 0.05) is 45.8 Å². The first-order valence-corrected chi connectivity index (χ1v) is 10.9. The molecule has 0 saturated carbocycles. The van der Waals surface area contributed by atoms with Gasteiger partial charge in [0.1, 0.15) is 18.1 Å². The Labute approximate surface area is 193 Å². The van der Waals surface area contributed by atoms with Gasteiger partial charge in [0.15, 0.2) is 34.7 Å². The van der Waals surface area contributed by atoms with Crippen LogP contribution in [0.25, 0.3) is 0 Å². The molecule has 0 aromatic heterocycles. The summed E-state index contributed by atoms with van der Waals surface area (Å²) in [4.78, 5) is 89.4. The van der Waals surface area contributed by atoms with E-state index in [9.17, 15) is 33.6 Å². The molecule has 0 spiro atoms. The number of Topliss-reactive ketones (excluding diaryl/α,β-unsaturated/α-hetero) is 5. The van der Waals surface area contributed by atoms with Crippen molar-refractivity contribution in [2.24, 2.45) is 17.8 Å². The highest BCUT2D eigenvalue weighted by molar-refractivity contribution is 6.36. The Bertz CT molecular complexity index is 1350. The van der Waals surface area contributed by atoms with E-state index in [1.54, 1.807) is 0 Å². The molecule has 0 radical (unpaired) electrons. The van der Waals surface area contributed by atoms with Crippen LogP contribution < -0.4 is 0 Å². The maximum atomic E-state index is 13.1. The minimum atomic E-state index is -1.39. The van der Waals surface area contributed by atoms with E-state index in [1.807, 2.05) is 11.9 Å². The Balaban J connectivity index is 1.44. The van der Waals surface area contributed by atoms with Crippen molar-refractivity contribution in [3.63, 3.8) is 0 Å². The van der Waals surface area contributed by atoms with Crippen LogP contribution in [-0.4, -0.2) is 66.0 Å². The number of likely N-dealkylation sites (tertiary alicyclic amines) is 1. The molecule has 2 aromatic carbocycles. The standard InChI is InChI=1S/C26H19NO7/c1-27-7-6-14(10-27)22(30)20-25(33)16-5-3-13(9-18(16)26(20)34)21(29)12-2-4-15-17(8-12)24(32)19(11-28)23(15)31/h2-5,8-9,11,14,19-20H,6-7,10H2,1H3. The summed E-state index contributed by atoms with van der Waals surface area (Å²) < 4.78 is 0. The van der Waals surface area contributed by atoms with Gasteiger partial charge in [-0.2, -0.15) is 0 Å². The molecular formula is C26H19NO7. The zero-order valence-corrected chi connectivity index (χ0v) is 18.2. The second kappa shape index (κ2) is 7.85. The molecule has 170 valence electrons. The fourth-order valence-electron chi connectivity index (χ4n) is 5.04. The molecule has 0 N–H and O–H groups in total. The number of carbonyl (C=O) groups is 7. The van der Waals surface area contributed by atoms with Crippen LogP contribution in [0, 0.1) is 17.8 Å². The quantitative estimate of drug-likeness (QED) is 0.377. The number of rotatable bonds is 5. The third-order valence-electron chi connectivity index (χ3n) is 6.93. The summed E-state index contributed by atoms with van der Waals surface area (Å²) in [6.45, 7) is 1.22. The highest BCUT2D eigenvalue weighted by Crippen LogP contribution is 2.33. The van der Waals surface area contributed by atoms with Crippen LogP contribution in [0.2, 0.25) is 0 Å². The molecule has 0 bridgehead atoms. The first kappa shape index (κ1) is 21.9. The van der Waals surface area contributed by atoms with E-state index in [0.29, 0.717) is 13.0 Å². The van der Waals surface area contributed by atoms with Crippen molar-refractivity contribution in [1.82, 2.24) is 4.90 Å². The van der Waals surface area contributed by atoms with E-state index in [1.165, 1.54) is 36.4 Å². The zero-order valence-electron chi connectivity index (χ0n) is 18.2. The Morgan fingerprint density at radius 1 is 0.824 bits per heavy atom. The zero-order chi connectivity index (χ0) is 24.3. The molecule has 2 aromatic rings. The molecule has 8 nitrogen and oxygen atoms in total. The lowest BCUT2D eigenvalue weighted by Crippen LogP contribution is -2.32. The molecule has 0 amide bonds. The van der Waals surface area contributed by atoms with Gasteiger partial charge in [-0.25, -0.2) is 0 Å². The lowest BCUT2D eigenvalue weighted by Gasteiger charge is -2.12. The molecule has 1 heterocycles. The normalized spacial score (nSPS) is 23.9. The number of aldehydes is 1. The van der Waals surface area contributed by atoms with Gasteiger partial charge in [0.25, 0.3) is 0 Å². The maximum absolute atomic E-state index is 13.1. The van der Waals surface area contributed by atoms with E-state index in [-0.39, 0.29) is 51.4 Å². The Morgan fingerprint density at radius 2 is 1.35 bits per heavy atom. The summed E-state index contributed by atoms with van der Waals surface area (Å²) in [6.07, 6.45) is 0.883. The van der Waals surface area contributed by atoms with Crippen LogP contribution in [0.5, 0.6) is 0 Å². The maximum Gasteiger partial charge on any atom is 0.193 e. The largest absolute Gasteiger partial charge is 0.306 e. The lowest BCUT2D eigenvalue weighted by molar-refractivity contribution is -0.123. The van der Waals surface area contributed by atoms with Gasteiger partial charge in [0.05, 0.1) is 0 Å². The van der Waals surface area contributed by atoms with Crippen molar-refractivity contribution >= 4 is 41.0 Å². The van der Waals surface area contributed by atoms with Crippen molar-refractivity contribution < 1.29 is 33.6 Å². The average Bonchev–Trinajstić information content (AvgIpc) is 3.45. The van der Waals surface area contributed by atoms with Crippen molar-refractivity contribution in [2.75, 3.05) is 20.1 Å². The molecule has 1 aliphatic heterocycles. The predicted molar refractivity (Wildman–Crippen MR) is 117 cm³/mol. The van der Waals surface area contributed by atoms with Gasteiger partial charge in [0.2, 0.25) is 0 Å². The van der Waals surface area contributed by atoms with Gasteiger partial charge in [-0.05, 0) is 44.3 Å². The van der Waals surface area contributed by atoms with Gasteiger partial charge in [-0.15, -0.1) is 0 Å². The van der Waals surface area contributed by atoms with E-state index >= 15 is 0 Å². The van der Waals surface area contributed by atoms with Crippen LogP contribution in [0.15, 0.2) is 36.4 Å². The smallest absolute Gasteiger partial charge is 0.193 e. The first-order chi connectivity index (χ1) is 16.2. The van der Waals surface area contributed by atoms with Crippen molar-refractivity contribution in [1.29, 1.82) is 0 Å². The van der Waals surface area contributed by atoms with Crippen LogP contribution in [-0.2, 0) is 9.59 Å². The van der Waals surface area contributed by atoms with Crippen molar-refractivity contribution in [3.8, 4) is 0 Å². The molecule has 8 heteroatoms. The third kappa shape index (κ3) is 3.13. The van der Waals surface area contributed by atoms with Crippen LogP contribution in [0.3, 0.4) is 0 Å². The summed E-state index contributed by atoms with van der Waals surface area (Å²) >= 11 is 0. The Hall–Kier alpha value is -3.91. The molecular weight excluding hydrogens is 438 g/mol. The van der Waals surface area contributed by atoms with Crippen molar-refractivity contribution in [2.45, 2.75) is 6.42 Å². The molecule has 3 aliphatic rings. The molecule has 1 fully saturated rings. The molecule has 5 rings (SSSR count). The van der Waals surface area contributed by atoms with Crippen LogP contribution >= 0.6 is 0 Å². The molecule has 3 unspecified atom stereocenters. The Morgan fingerprint density at radius 3 is 1.91 bits per heavy atom. The predicted octanol–water partition coefficient (Wildman–Crippen LogP) is 1.63. The summed E-state index contributed by atoms with van der Waals surface area (Å²) in [5.74, 6) is -6.43. The number of benzene rings is 2. The third-order valence-corrected chi connectivity index (χ3v) is 6.93. The van der Waals surface area contributed by atoms with E-state index < -0.39 is 40.8 Å². The van der Waals surface area contributed by atoms with Gasteiger partial charge in [-0.3, -0.25) is 28.8 Å².